The first-order valence-electron chi connectivity index (χ1n) is 6.22. The van der Waals surface area contributed by atoms with Crippen molar-refractivity contribution in [3.05, 3.63) is 42.2 Å². The molecular formula is C14H17FN4. The molecule has 19 heavy (non-hydrogen) atoms. The summed E-state index contributed by atoms with van der Waals surface area (Å²) >= 11 is 0. The highest BCUT2D eigenvalue weighted by atomic mass is 19.1. The summed E-state index contributed by atoms with van der Waals surface area (Å²) in [5.74, 6) is 0.467. The fraction of sp³-hybridized carbons (Fsp3) is 0.286. The van der Waals surface area contributed by atoms with Crippen molar-refractivity contribution in [3.63, 3.8) is 0 Å². The highest BCUT2D eigenvalue weighted by Gasteiger charge is 2.07. The highest BCUT2D eigenvalue weighted by Crippen LogP contribution is 2.20. The molecule has 0 saturated carbocycles. The van der Waals surface area contributed by atoms with Crippen molar-refractivity contribution in [2.45, 2.75) is 6.42 Å². The van der Waals surface area contributed by atoms with Crippen LogP contribution in [0.5, 0.6) is 0 Å². The molecule has 1 aromatic carbocycles. The maximum atomic E-state index is 13.6. The molecule has 0 bridgehead atoms. The van der Waals surface area contributed by atoms with Crippen LogP contribution in [0, 0.1) is 5.82 Å². The lowest BCUT2D eigenvalue weighted by Crippen LogP contribution is -2.22. The van der Waals surface area contributed by atoms with E-state index in [1.54, 1.807) is 24.3 Å². The van der Waals surface area contributed by atoms with Crippen LogP contribution < -0.4 is 10.6 Å². The van der Waals surface area contributed by atoms with Gasteiger partial charge < -0.3 is 10.6 Å². The molecule has 0 saturated heterocycles. The average molecular weight is 260 g/mol. The van der Waals surface area contributed by atoms with E-state index < -0.39 is 0 Å². The summed E-state index contributed by atoms with van der Waals surface area (Å²) in [5, 5.41) is 8.19. The number of halogens is 1. The zero-order valence-corrected chi connectivity index (χ0v) is 10.9. The Labute approximate surface area is 112 Å². The Kier molecular flexibility index (Phi) is 4.41. The van der Waals surface area contributed by atoms with Gasteiger partial charge in [-0.2, -0.15) is 0 Å². The third kappa shape index (κ3) is 3.26. The van der Waals surface area contributed by atoms with E-state index in [1.807, 2.05) is 18.0 Å². The van der Waals surface area contributed by atoms with Gasteiger partial charge in [-0.1, -0.05) is 12.1 Å². The van der Waals surface area contributed by atoms with E-state index in [9.17, 15) is 4.39 Å². The molecule has 1 aromatic heterocycles. The molecule has 4 nitrogen and oxygen atoms in total. The van der Waals surface area contributed by atoms with Gasteiger partial charge in [0.25, 0.3) is 0 Å². The highest BCUT2D eigenvalue weighted by molar-refractivity contribution is 5.60. The van der Waals surface area contributed by atoms with Crippen LogP contribution in [-0.2, 0) is 0 Å². The van der Waals surface area contributed by atoms with Crippen LogP contribution in [0.1, 0.15) is 6.42 Å². The molecule has 0 amide bonds. The van der Waals surface area contributed by atoms with Crippen LogP contribution in [0.25, 0.3) is 11.3 Å². The standard InChI is InChI=1S/C14H17FN4/c1-19(10-4-9-16)14-8-7-13(17-18-14)11-5-2-3-6-12(11)15/h2-3,5-8H,4,9-10,16H2,1H3. The quantitative estimate of drug-likeness (QED) is 0.894. The minimum absolute atomic E-state index is 0.291. The Bertz CT molecular complexity index is 527. The van der Waals surface area contributed by atoms with Crippen molar-refractivity contribution < 1.29 is 4.39 Å². The van der Waals surface area contributed by atoms with Crippen LogP contribution >= 0.6 is 0 Å². The molecular weight excluding hydrogens is 243 g/mol. The maximum absolute atomic E-state index is 13.6. The van der Waals surface area contributed by atoms with Gasteiger partial charge in [0, 0.05) is 19.2 Å². The third-order valence-electron chi connectivity index (χ3n) is 2.89. The van der Waals surface area contributed by atoms with Gasteiger partial charge >= 0.3 is 0 Å². The molecule has 0 atom stereocenters. The first-order valence-corrected chi connectivity index (χ1v) is 6.22. The SMILES string of the molecule is CN(CCCN)c1ccc(-c2ccccc2F)nn1. The molecule has 5 heteroatoms. The summed E-state index contributed by atoms with van der Waals surface area (Å²) in [6.45, 7) is 1.47. The number of rotatable bonds is 5. The number of hydrogen-bond acceptors (Lipinski definition) is 4. The molecule has 0 aliphatic heterocycles. The summed E-state index contributed by atoms with van der Waals surface area (Å²) in [4.78, 5) is 1.98. The maximum Gasteiger partial charge on any atom is 0.151 e. The number of anilines is 1. The third-order valence-corrected chi connectivity index (χ3v) is 2.89. The van der Waals surface area contributed by atoms with Crippen molar-refractivity contribution in [2.24, 2.45) is 5.73 Å². The Morgan fingerprint density at radius 3 is 2.58 bits per heavy atom. The fourth-order valence-corrected chi connectivity index (χ4v) is 1.78. The summed E-state index contributed by atoms with van der Waals surface area (Å²) in [7, 11) is 1.93. The van der Waals surface area contributed by atoms with Crippen LogP contribution in [0.2, 0.25) is 0 Å². The molecule has 2 N–H and O–H groups in total. The molecule has 0 fully saturated rings. The largest absolute Gasteiger partial charge is 0.358 e. The normalized spacial score (nSPS) is 10.5. The lowest BCUT2D eigenvalue weighted by molar-refractivity contribution is 0.630. The van der Waals surface area contributed by atoms with E-state index in [2.05, 4.69) is 10.2 Å². The second kappa shape index (κ2) is 6.24. The van der Waals surface area contributed by atoms with Gasteiger partial charge in [0.1, 0.15) is 5.82 Å². The summed E-state index contributed by atoms with van der Waals surface area (Å²) in [6, 6.07) is 10.2. The van der Waals surface area contributed by atoms with Crippen LogP contribution in [0.3, 0.4) is 0 Å². The molecule has 100 valence electrons. The molecule has 2 rings (SSSR count). The van der Waals surface area contributed by atoms with Crippen LogP contribution in [-0.4, -0.2) is 30.3 Å². The molecule has 0 unspecified atom stereocenters. The zero-order chi connectivity index (χ0) is 13.7. The zero-order valence-electron chi connectivity index (χ0n) is 10.9. The Morgan fingerprint density at radius 2 is 1.95 bits per heavy atom. The minimum Gasteiger partial charge on any atom is -0.358 e. The van der Waals surface area contributed by atoms with Crippen molar-refractivity contribution in [1.29, 1.82) is 0 Å². The first-order chi connectivity index (χ1) is 9.22. The number of nitrogens with two attached hydrogens (primary N) is 1. The predicted octanol–water partition coefficient (Wildman–Crippen LogP) is 2.07. The molecule has 0 aliphatic rings. The summed E-state index contributed by atoms with van der Waals surface area (Å²) in [5.41, 5.74) is 6.47. The fourth-order valence-electron chi connectivity index (χ4n) is 1.78. The second-order valence-corrected chi connectivity index (χ2v) is 4.32. The predicted molar refractivity (Wildman–Crippen MR) is 74.4 cm³/mol. The summed E-state index contributed by atoms with van der Waals surface area (Å²) in [6.07, 6.45) is 0.896. The second-order valence-electron chi connectivity index (χ2n) is 4.32. The topological polar surface area (TPSA) is 55.0 Å². The van der Waals surface area contributed by atoms with Crippen molar-refractivity contribution in [2.75, 3.05) is 25.0 Å². The number of nitrogens with zero attached hydrogens (tertiary/aromatic N) is 3. The van der Waals surface area contributed by atoms with Gasteiger partial charge in [0.2, 0.25) is 0 Å². The van der Waals surface area contributed by atoms with Gasteiger partial charge in [-0.15, -0.1) is 10.2 Å². The Hall–Kier alpha value is -2.01. The van der Waals surface area contributed by atoms with Gasteiger partial charge in [-0.3, -0.25) is 0 Å². The molecule has 0 aliphatic carbocycles. The molecule has 1 heterocycles. The Morgan fingerprint density at radius 1 is 1.16 bits per heavy atom. The van der Waals surface area contributed by atoms with E-state index in [4.69, 9.17) is 5.73 Å². The first kappa shape index (κ1) is 13.4. The average Bonchev–Trinajstić information content (AvgIpc) is 2.45. The smallest absolute Gasteiger partial charge is 0.151 e. The monoisotopic (exact) mass is 260 g/mol. The molecule has 0 radical (unpaired) electrons. The van der Waals surface area contributed by atoms with Crippen molar-refractivity contribution in [3.8, 4) is 11.3 Å². The molecule has 0 spiro atoms. The Balaban J connectivity index is 2.17. The number of benzene rings is 1. The van der Waals surface area contributed by atoms with E-state index >= 15 is 0 Å². The molecule has 2 aromatic rings. The minimum atomic E-state index is -0.291. The van der Waals surface area contributed by atoms with E-state index in [0.29, 0.717) is 17.8 Å². The van der Waals surface area contributed by atoms with Gasteiger partial charge in [-0.25, -0.2) is 4.39 Å². The lowest BCUT2D eigenvalue weighted by atomic mass is 10.1. The number of hydrogen-bond donors (Lipinski definition) is 1. The van der Waals surface area contributed by atoms with E-state index in [-0.39, 0.29) is 5.82 Å². The van der Waals surface area contributed by atoms with Gasteiger partial charge in [0.15, 0.2) is 5.82 Å². The van der Waals surface area contributed by atoms with Crippen molar-refractivity contribution >= 4 is 5.82 Å². The van der Waals surface area contributed by atoms with Gasteiger partial charge in [-0.05, 0) is 37.2 Å². The van der Waals surface area contributed by atoms with Gasteiger partial charge in [0.05, 0.1) is 5.69 Å². The lowest BCUT2D eigenvalue weighted by Gasteiger charge is -2.16. The number of aromatic nitrogens is 2. The van der Waals surface area contributed by atoms with Crippen LogP contribution in [0.4, 0.5) is 10.2 Å². The van der Waals surface area contributed by atoms with Crippen LogP contribution in [0.15, 0.2) is 36.4 Å². The van der Waals surface area contributed by atoms with E-state index in [1.165, 1.54) is 6.07 Å². The van der Waals surface area contributed by atoms with E-state index in [0.717, 1.165) is 18.8 Å². The van der Waals surface area contributed by atoms with Crippen molar-refractivity contribution in [1.82, 2.24) is 10.2 Å². The summed E-state index contributed by atoms with van der Waals surface area (Å²) < 4.78 is 13.6.